The van der Waals surface area contributed by atoms with Crippen LogP contribution in [0.2, 0.25) is 0 Å². The summed E-state index contributed by atoms with van der Waals surface area (Å²) in [5, 5.41) is 17.6. The Morgan fingerprint density at radius 1 is 1.37 bits per heavy atom. The third-order valence-corrected chi connectivity index (χ3v) is 4.03. The van der Waals surface area contributed by atoms with Crippen molar-refractivity contribution in [1.29, 1.82) is 0 Å². The number of rotatable bonds is 4. The molecule has 0 aliphatic heterocycles. The van der Waals surface area contributed by atoms with Crippen molar-refractivity contribution in [2.24, 2.45) is 0 Å². The van der Waals surface area contributed by atoms with Gasteiger partial charge in [0.05, 0.1) is 12.7 Å². The first-order valence-corrected chi connectivity index (χ1v) is 7.41. The normalized spacial score (nSPS) is 10.5. The van der Waals surface area contributed by atoms with Gasteiger partial charge in [-0.1, -0.05) is 5.21 Å². The lowest BCUT2D eigenvalue weighted by Crippen LogP contribution is -2.22. The molecule has 0 aromatic carbocycles. The smallest absolute Gasteiger partial charge is 0.252 e. The predicted molar refractivity (Wildman–Crippen MR) is 74.7 cm³/mol. The van der Waals surface area contributed by atoms with Crippen LogP contribution in [-0.2, 0) is 6.54 Å². The van der Waals surface area contributed by atoms with E-state index < -0.39 is 0 Å². The summed E-state index contributed by atoms with van der Waals surface area (Å²) in [5.41, 5.74) is 1.41. The molecule has 1 N–H and O–H groups in total. The summed E-state index contributed by atoms with van der Waals surface area (Å²) in [4.78, 5) is 11.8. The van der Waals surface area contributed by atoms with Crippen molar-refractivity contribution in [3.05, 3.63) is 51.8 Å². The molecule has 0 bridgehead atoms. The molecule has 0 spiro atoms. The molecule has 0 aliphatic rings. The number of hydrogen-bond acceptors (Lipinski definition) is 5. The largest absolute Gasteiger partial charge is 0.346 e. The van der Waals surface area contributed by atoms with E-state index >= 15 is 0 Å². The Morgan fingerprint density at radius 3 is 3.05 bits per heavy atom. The molecule has 19 heavy (non-hydrogen) atoms. The number of nitrogens with zero attached hydrogens (tertiary/aromatic N) is 3. The van der Waals surface area contributed by atoms with E-state index in [4.69, 9.17) is 0 Å². The summed E-state index contributed by atoms with van der Waals surface area (Å²) in [6, 6.07) is 5.72. The topological polar surface area (TPSA) is 59.8 Å². The van der Waals surface area contributed by atoms with Gasteiger partial charge in [-0.25, -0.2) is 4.68 Å². The van der Waals surface area contributed by atoms with Gasteiger partial charge < -0.3 is 5.32 Å². The molecule has 96 valence electrons. The minimum Gasteiger partial charge on any atom is -0.346 e. The molecule has 0 atom stereocenters. The molecule has 0 aliphatic carbocycles. The fourth-order valence-electron chi connectivity index (χ4n) is 1.55. The van der Waals surface area contributed by atoms with Crippen molar-refractivity contribution >= 4 is 28.6 Å². The first kappa shape index (κ1) is 12.1. The van der Waals surface area contributed by atoms with E-state index in [1.54, 1.807) is 22.1 Å². The summed E-state index contributed by atoms with van der Waals surface area (Å²) < 4.78 is 1.71. The zero-order valence-electron chi connectivity index (χ0n) is 9.81. The minimum atomic E-state index is -0.0908. The highest BCUT2D eigenvalue weighted by Crippen LogP contribution is 2.13. The molecule has 0 fully saturated rings. The molecular weight excluding hydrogens is 280 g/mol. The third kappa shape index (κ3) is 2.72. The van der Waals surface area contributed by atoms with Gasteiger partial charge in [0.1, 0.15) is 10.7 Å². The summed E-state index contributed by atoms with van der Waals surface area (Å²) >= 11 is 3.09. The van der Waals surface area contributed by atoms with Crippen LogP contribution in [0, 0.1) is 0 Å². The molecule has 0 saturated heterocycles. The Balaban J connectivity index is 1.63. The number of carbonyl (C=O) groups excluding carboxylic acids is 1. The first-order valence-electron chi connectivity index (χ1n) is 5.58. The highest BCUT2D eigenvalue weighted by atomic mass is 32.1. The van der Waals surface area contributed by atoms with E-state index in [0.717, 1.165) is 10.7 Å². The Kier molecular flexibility index (Phi) is 3.39. The maximum atomic E-state index is 11.8. The van der Waals surface area contributed by atoms with Crippen LogP contribution < -0.4 is 5.32 Å². The number of aromatic nitrogens is 3. The summed E-state index contributed by atoms with van der Waals surface area (Å²) in [6.07, 6.45) is 1.82. The van der Waals surface area contributed by atoms with Gasteiger partial charge in [-0.3, -0.25) is 4.79 Å². The van der Waals surface area contributed by atoms with Gasteiger partial charge in [0.25, 0.3) is 5.91 Å². The van der Waals surface area contributed by atoms with Gasteiger partial charge in [0.15, 0.2) is 0 Å². The van der Waals surface area contributed by atoms with Crippen molar-refractivity contribution in [3.63, 3.8) is 0 Å². The number of amides is 1. The van der Waals surface area contributed by atoms with E-state index in [-0.39, 0.29) is 5.91 Å². The Morgan fingerprint density at radius 2 is 2.32 bits per heavy atom. The summed E-state index contributed by atoms with van der Waals surface area (Å²) in [5.74, 6) is -0.0908. The average molecular weight is 290 g/mol. The quantitative estimate of drug-likeness (QED) is 0.802. The van der Waals surface area contributed by atoms with Crippen LogP contribution in [0.3, 0.4) is 0 Å². The molecule has 3 aromatic rings. The third-order valence-electron chi connectivity index (χ3n) is 2.49. The lowest BCUT2D eigenvalue weighted by Gasteiger charge is -1.99. The van der Waals surface area contributed by atoms with Crippen molar-refractivity contribution in [2.75, 3.05) is 0 Å². The number of thiophene rings is 2. The van der Waals surface area contributed by atoms with Crippen LogP contribution >= 0.6 is 22.7 Å². The standard InChI is InChI=1S/C12H10N4OS2/c17-12(9-3-5-18-8-9)13-6-10-7-16(15-14-10)11-2-1-4-19-11/h1-5,7-8H,6H2,(H,13,17). The van der Waals surface area contributed by atoms with Crippen LogP contribution in [0.15, 0.2) is 40.5 Å². The van der Waals surface area contributed by atoms with Gasteiger partial charge in [-0.2, -0.15) is 11.3 Å². The number of nitrogens with one attached hydrogen (secondary N) is 1. The second-order valence-corrected chi connectivity index (χ2v) is 5.51. The van der Waals surface area contributed by atoms with E-state index in [1.807, 2.05) is 34.5 Å². The molecule has 1 amide bonds. The molecule has 0 unspecified atom stereocenters. The van der Waals surface area contributed by atoms with Crippen LogP contribution in [0.4, 0.5) is 0 Å². The maximum Gasteiger partial charge on any atom is 0.252 e. The van der Waals surface area contributed by atoms with Crippen LogP contribution in [0.25, 0.3) is 5.00 Å². The van der Waals surface area contributed by atoms with Crippen molar-refractivity contribution in [1.82, 2.24) is 20.3 Å². The first-order chi connectivity index (χ1) is 9.33. The molecule has 0 saturated carbocycles. The van der Waals surface area contributed by atoms with Crippen molar-refractivity contribution in [2.45, 2.75) is 6.54 Å². The average Bonchev–Trinajstić information content (AvgIpc) is 3.14. The molecule has 3 rings (SSSR count). The van der Waals surface area contributed by atoms with Crippen LogP contribution in [0.5, 0.6) is 0 Å². The Hall–Kier alpha value is -1.99. The minimum absolute atomic E-state index is 0.0908. The zero-order chi connectivity index (χ0) is 13.1. The maximum absolute atomic E-state index is 11.8. The Bertz CT molecular complexity index is 658. The van der Waals surface area contributed by atoms with Crippen molar-refractivity contribution in [3.8, 4) is 5.00 Å². The molecule has 3 heterocycles. The van der Waals surface area contributed by atoms with E-state index in [9.17, 15) is 4.79 Å². The lowest BCUT2D eigenvalue weighted by atomic mass is 10.3. The van der Waals surface area contributed by atoms with E-state index in [1.165, 1.54) is 11.3 Å². The molecule has 7 heteroatoms. The van der Waals surface area contributed by atoms with Gasteiger partial charge in [-0.15, -0.1) is 16.4 Å². The second-order valence-electron chi connectivity index (χ2n) is 3.80. The van der Waals surface area contributed by atoms with Gasteiger partial charge in [0, 0.05) is 10.9 Å². The van der Waals surface area contributed by atoms with E-state index in [0.29, 0.717) is 12.1 Å². The van der Waals surface area contributed by atoms with E-state index in [2.05, 4.69) is 15.6 Å². The van der Waals surface area contributed by atoms with Crippen molar-refractivity contribution < 1.29 is 4.79 Å². The van der Waals surface area contributed by atoms with Gasteiger partial charge >= 0.3 is 0 Å². The Labute approximate surface area is 117 Å². The SMILES string of the molecule is O=C(NCc1cn(-c2cccs2)nn1)c1ccsc1. The fourth-order valence-corrected chi connectivity index (χ4v) is 2.84. The highest BCUT2D eigenvalue weighted by molar-refractivity contribution is 7.12. The molecule has 0 radical (unpaired) electrons. The predicted octanol–water partition coefficient (Wildman–Crippen LogP) is 2.32. The lowest BCUT2D eigenvalue weighted by molar-refractivity contribution is 0.0951. The highest BCUT2D eigenvalue weighted by Gasteiger charge is 2.07. The van der Waals surface area contributed by atoms with Crippen LogP contribution in [-0.4, -0.2) is 20.9 Å². The van der Waals surface area contributed by atoms with Gasteiger partial charge in [0.2, 0.25) is 0 Å². The zero-order valence-corrected chi connectivity index (χ0v) is 11.4. The molecule has 5 nitrogen and oxygen atoms in total. The summed E-state index contributed by atoms with van der Waals surface area (Å²) in [6.45, 7) is 0.375. The second kappa shape index (κ2) is 5.33. The number of carbonyl (C=O) groups is 1. The van der Waals surface area contributed by atoms with Crippen LogP contribution in [0.1, 0.15) is 16.1 Å². The molecular formula is C12H10N4OS2. The fraction of sp³-hybridized carbons (Fsp3) is 0.0833. The molecule has 3 aromatic heterocycles. The number of hydrogen-bond donors (Lipinski definition) is 1. The monoisotopic (exact) mass is 290 g/mol. The summed E-state index contributed by atoms with van der Waals surface area (Å²) in [7, 11) is 0. The van der Waals surface area contributed by atoms with Gasteiger partial charge in [-0.05, 0) is 29.0 Å².